The highest BCUT2D eigenvalue weighted by molar-refractivity contribution is 5.19. The molecular formula is C6H9F2N. The molecule has 0 aromatic rings. The fourth-order valence-corrected chi connectivity index (χ4v) is 1.69. The maximum atomic E-state index is 12.5. The summed E-state index contributed by atoms with van der Waals surface area (Å²) in [7, 11) is 0. The van der Waals surface area contributed by atoms with Crippen LogP contribution in [-0.2, 0) is 0 Å². The second kappa shape index (κ2) is 1.15. The van der Waals surface area contributed by atoms with Crippen LogP contribution in [0.15, 0.2) is 0 Å². The first-order chi connectivity index (χ1) is 4.08. The van der Waals surface area contributed by atoms with Crippen molar-refractivity contribution in [3.63, 3.8) is 0 Å². The minimum absolute atomic E-state index is 0.0903. The van der Waals surface area contributed by atoms with Gasteiger partial charge in [0.05, 0.1) is 0 Å². The fraction of sp³-hybridized carbons (Fsp3) is 1.00. The van der Waals surface area contributed by atoms with Crippen LogP contribution in [0.5, 0.6) is 0 Å². The molecule has 1 unspecified atom stereocenters. The molecule has 0 aromatic heterocycles. The Bertz CT molecular complexity index is 151. The van der Waals surface area contributed by atoms with Gasteiger partial charge >= 0.3 is 0 Å². The summed E-state index contributed by atoms with van der Waals surface area (Å²) in [6.45, 7) is 0. The summed E-state index contributed by atoms with van der Waals surface area (Å²) < 4.78 is 25.1. The number of alkyl halides is 2. The van der Waals surface area contributed by atoms with E-state index in [1.165, 1.54) is 0 Å². The predicted molar refractivity (Wildman–Crippen MR) is 29.2 cm³/mol. The Hall–Kier alpha value is -0.180. The van der Waals surface area contributed by atoms with Gasteiger partial charge in [0.15, 0.2) is 0 Å². The minimum Gasteiger partial charge on any atom is -0.327 e. The molecule has 0 bridgehead atoms. The van der Waals surface area contributed by atoms with Gasteiger partial charge in [0, 0.05) is 17.9 Å². The SMILES string of the molecule is NC1CC(F)(F)C12CC2. The van der Waals surface area contributed by atoms with Crippen molar-refractivity contribution in [1.29, 1.82) is 0 Å². The summed E-state index contributed by atoms with van der Waals surface area (Å²) >= 11 is 0. The molecule has 2 saturated carbocycles. The molecule has 1 nitrogen and oxygen atoms in total. The number of halogens is 2. The summed E-state index contributed by atoms with van der Waals surface area (Å²) in [5.74, 6) is -2.42. The average Bonchev–Trinajstić information content (AvgIpc) is 2.40. The highest BCUT2D eigenvalue weighted by Crippen LogP contribution is 2.68. The van der Waals surface area contributed by atoms with E-state index in [1.807, 2.05) is 0 Å². The maximum Gasteiger partial charge on any atom is 0.256 e. The molecule has 3 heteroatoms. The van der Waals surface area contributed by atoms with Crippen molar-refractivity contribution >= 4 is 0 Å². The third kappa shape index (κ3) is 0.430. The van der Waals surface area contributed by atoms with Crippen LogP contribution in [0.4, 0.5) is 8.78 Å². The Kier molecular flexibility index (Phi) is 0.712. The Morgan fingerprint density at radius 2 is 1.89 bits per heavy atom. The zero-order valence-electron chi connectivity index (χ0n) is 5.03. The van der Waals surface area contributed by atoms with Gasteiger partial charge in [-0.25, -0.2) is 8.78 Å². The Labute approximate surface area is 52.2 Å². The van der Waals surface area contributed by atoms with E-state index in [4.69, 9.17) is 5.73 Å². The van der Waals surface area contributed by atoms with Crippen LogP contribution in [0.25, 0.3) is 0 Å². The molecule has 1 spiro atoms. The minimum atomic E-state index is -2.42. The molecule has 0 radical (unpaired) electrons. The highest BCUT2D eigenvalue weighted by Gasteiger charge is 2.73. The van der Waals surface area contributed by atoms with Crippen LogP contribution in [0.3, 0.4) is 0 Å². The smallest absolute Gasteiger partial charge is 0.256 e. The molecule has 0 saturated heterocycles. The molecule has 2 aliphatic rings. The van der Waals surface area contributed by atoms with E-state index < -0.39 is 11.3 Å². The van der Waals surface area contributed by atoms with Crippen molar-refractivity contribution in [2.24, 2.45) is 11.1 Å². The quantitative estimate of drug-likeness (QED) is 0.526. The molecule has 2 fully saturated rings. The monoisotopic (exact) mass is 133 g/mol. The Balaban J connectivity index is 2.20. The van der Waals surface area contributed by atoms with Crippen molar-refractivity contribution in [2.45, 2.75) is 31.2 Å². The number of hydrogen-bond donors (Lipinski definition) is 1. The fourth-order valence-electron chi connectivity index (χ4n) is 1.69. The number of nitrogens with two attached hydrogens (primary N) is 1. The summed E-state index contributed by atoms with van der Waals surface area (Å²) in [4.78, 5) is 0. The summed E-state index contributed by atoms with van der Waals surface area (Å²) in [5, 5.41) is 0. The first kappa shape index (κ1) is 5.59. The van der Waals surface area contributed by atoms with E-state index >= 15 is 0 Å². The van der Waals surface area contributed by atoms with Gasteiger partial charge in [-0.1, -0.05) is 0 Å². The van der Waals surface area contributed by atoms with Gasteiger partial charge in [0.2, 0.25) is 0 Å². The van der Waals surface area contributed by atoms with E-state index in [0.717, 1.165) is 0 Å². The molecule has 2 rings (SSSR count). The second-order valence-corrected chi connectivity index (χ2v) is 3.17. The highest BCUT2D eigenvalue weighted by atomic mass is 19.3. The first-order valence-corrected chi connectivity index (χ1v) is 3.22. The zero-order chi connectivity index (χ0) is 6.70. The summed E-state index contributed by atoms with van der Waals surface area (Å²) in [6.07, 6.45) is 1.19. The topological polar surface area (TPSA) is 26.0 Å². The van der Waals surface area contributed by atoms with Crippen LogP contribution in [-0.4, -0.2) is 12.0 Å². The third-order valence-electron chi connectivity index (χ3n) is 2.70. The lowest BCUT2D eigenvalue weighted by molar-refractivity contribution is -0.162. The molecule has 52 valence electrons. The van der Waals surface area contributed by atoms with E-state index in [-0.39, 0.29) is 12.5 Å². The van der Waals surface area contributed by atoms with Crippen molar-refractivity contribution in [1.82, 2.24) is 0 Å². The van der Waals surface area contributed by atoms with Crippen molar-refractivity contribution in [2.75, 3.05) is 0 Å². The van der Waals surface area contributed by atoms with E-state index in [9.17, 15) is 8.78 Å². The summed E-state index contributed by atoms with van der Waals surface area (Å²) in [5.41, 5.74) is 4.69. The van der Waals surface area contributed by atoms with Crippen molar-refractivity contribution in [3.05, 3.63) is 0 Å². The first-order valence-electron chi connectivity index (χ1n) is 3.22. The van der Waals surface area contributed by atoms with Gasteiger partial charge in [0.1, 0.15) is 0 Å². The lowest BCUT2D eigenvalue weighted by Crippen LogP contribution is -2.57. The average molecular weight is 133 g/mol. The third-order valence-corrected chi connectivity index (χ3v) is 2.70. The largest absolute Gasteiger partial charge is 0.327 e. The predicted octanol–water partition coefficient (Wildman–Crippen LogP) is 1.13. The van der Waals surface area contributed by atoms with Gasteiger partial charge in [0.25, 0.3) is 5.92 Å². The van der Waals surface area contributed by atoms with Crippen LogP contribution in [0.2, 0.25) is 0 Å². The lowest BCUT2D eigenvalue weighted by Gasteiger charge is -2.43. The van der Waals surface area contributed by atoms with Gasteiger partial charge in [-0.15, -0.1) is 0 Å². The maximum absolute atomic E-state index is 12.5. The molecule has 0 heterocycles. The molecule has 0 amide bonds. The lowest BCUT2D eigenvalue weighted by atomic mass is 9.72. The molecule has 2 N–H and O–H groups in total. The van der Waals surface area contributed by atoms with Gasteiger partial charge in [-0.2, -0.15) is 0 Å². The molecule has 1 atom stereocenters. The van der Waals surface area contributed by atoms with Gasteiger partial charge in [-0.3, -0.25) is 0 Å². The summed E-state index contributed by atoms with van der Waals surface area (Å²) in [6, 6.07) is -0.215. The standard InChI is InChI=1S/C6H9F2N/c7-6(8)3-4(9)5(6)1-2-5/h4H,1-3,9H2. The Morgan fingerprint density at radius 3 is 2.00 bits per heavy atom. The molecule has 2 aliphatic carbocycles. The van der Waals surface area contributed by atoms with E-state index in [2.05, 4.69) is 0 Å². The number of rotatable bonds is 0. The van der Waals surface area contributed by atoms with Crippen LogP contribution in [0.1, 0.15) is 19.3 Å². The van der Waals surface area contributed by atoms with Crippen molar-refractivity contribution < 1.29 is 8.78 Å². The second-order valence-electron chi connectivity index (χ2n) is 3.17. The van der Waals surface area contributed by atoms with Crippen molar-refractivity contribution in [3.8, 4) is 0 Å². The Morgan fingerprint density at radius 1 is 1.33 bits per heavy atom. The number of hydrogen-bond acceptors (Lipinski definition) is 1. The molecule has 9 heavy (non-hydrogen) atoms. The van der Waals surface area contributed by atoms with Crippen LogP contribution in [0, 0.1) is 5.41 Å². The van der Waals surface area contributed by atoms with E-state index in [0.29, 0.717) is 12.8 Å². The van der Waals surface area contributed by atoms with Crippen LogP contribution >= 0.6 is 0 Å². The molecular weight excluding hydrogens is 124 g/mol. The normalized spacial score (nSPS) is 42.3. The zero-order valence-corrected chi connectivity index (χ0v) is 5.03. The molecule has 0 aromatic carbocycles. The molecule has 0 aliphatic heterocycles. The van der Waals surface area contributed by atoms with Crippen LogP contribution < -0.4 is 5.73 Å². The van der Waals surface area contributed by atoms with Gasteiger partial charge in [-0.05, 0) is 12.8 Å². The van der Waals surface area contributed by atoms with Gasteiger partial charge < -0.3 is 5.73 Å². The van der Waals surface area contributed by atoms with E-state index in [1.54, 1.807) is 0 Å².